The largest absolute Gasteiger partial charge is 0.393 e. The van der Waals surface area contributed by atoms with Crippen LogP contribution in [0.4, 0.5) is 5.95 Å². The molecule has 1 atom stereocenters. The summed E-state index contributed by atoms with van der Waals surface area (Å²) in [7, 11) is 0. The molecule has 0 saturated heterocycles. The topological polar surface area (TPSA) is 93.8 Å². The van der Waals surface area contributed by atoms with Gasteiger partial charge in [-0.1, -0.05) is 12.2 Å². The molecule has 0 spiro atoms. The molecule has 86 valence electrons. The molecule has 1 amide bonds. The molecule has 7 heteroatoms. The number of nitrogens with two attached hydrogens (primary N) is 1. The van der Waals surface area contributed by atoms with E-state index >= 15 is 0 Å². The van der Waals surface area contributed by atoms with E-state index in [4.69, 9.17) is 18.0 Å². The minimum absolute atomic E-state index is 0.134. The van der Waals surface area contributed by atoms with Gasteiger partial charge >= 0.3 is 0 Å². The quantitative estimate of drug-likeness (QED) is 0.739. The Kier molecular flexibility index (Phi) is 3.83. The molecule has 1 unspecified atom stereocenters. The fourth-order valence-electron chi connectivity index (χ4n) is 0.857. The zero-order valence-electron chi connectivity index (χ0n) is 9.31. The normalized spacial score (nSPS) is 11.9. The summed E-state index contributed by atoms with van der Waals surface area (Å²) in [6.45, 7) is 5.20. The number of nitrogens with one attached hydrogen (secondary N) is 1. The van der Waals surface area contributed by atoms with Crippen molar-refractivity contribution in [3.63, 3.8) is 0 Å². The highest BCUT2D eigenvalue weighted by Gasteiger charge is 2.16. The van der Waals surface area contributed by atoms with Gasteiger partial charge in [-0.05, 0) is 20.8 Å². The molecule has 3 N–H and O–H groups in total. The first-order chi connectivity index (χ1) is 7.41. The van der Waals surface area contributed by atoms with Crippen LogP contribution in [-0.4, -0.2) is 26.1 Å². The second-order valence-electron chi connectivity index (χ2n) is 3.42. The van der Waals surface area contributed by atoms with Crippen molar-refractivity contribution >= 4 is 29.1 Å². The number of hydrogen-bond donors (Lipinski definition) is 2. The van der Waals surface area contributed by atoms with Gasteiger partial charge in [0, 0.05) is 0 Å². The molecule has 0 aliphatic carbocycles. The molecule has 1 aromatic rings. The van der Waals surface area contributed by atoms with Crippen LogP contribution >= 0.6 is 12.2 Å². The number of rotatable bonds is 3. The zero-order valence-corrected chi connectivity index (χ0v) is 10.1. The van der Waals surface area contributed by atoms with E-state index in [1.54, 1.807) is 20.8 Å². The van der Waals surface area contributed by atoms with Crippen LogP contribution < -0.4 is 11.1 Å². The van der Waals surface area contributed by atoms with Crippen LogP contribution in [-0.2, 0) is 4.79 Å². The highest BCUT2D eigenvalue weighted by Crippen LogP contribution is 2.04. The Balaban J connectivity index is 2.77. The first kappa shape index (κ1) is 12.4. The Hall–Kier alpha value is -1.63. The first-order valence-electron chi connectivity index (χ1n) is 4.70. The Bertz CT molecular complexity index is 434. The van der Waals surface area contributed by atoms with E-state index in [9.17, 15) is 4.79 Å². The van der Waals surface area contributed by atoms with Crippen molar-refractivity contribution in [3.8, 4) is 0 Å². The van der Waals surface area contributed by atoms with Gasteiger partial charge in [0.15, 0.2) is 0 Å². The van der Waals surface area contributed by atoms with Gasteiger partial charge in [-0.2, -0.15) is 5.10 Å². The van der Waals surface area contributed by atoms with Crippen LogP contribution in [0.2, 0.25) is 0 Å². The standard InChI is InChI=1S/C9H13N5OS/c1-4(7(10)16)8(15)12-9-11-5(2)6(3)13-14-9/h4H,1-3H3,(H2,10,16)(H,11,12,14,15). The molecule has 1 heterocycles. The third-order valence-electron chi connectivity index (χ3n) is 2.15. The number of hydrogen-bond acceptors (Lipinski definition) is 5. The predicted molar refractivity (Wildman–Crippen MR) is 63.9 cm³/mol. The summed E-state index contributed by atoms with van der Waals surface area (Å²) in [6.07, 6.45) is 0. The molecule has 1 aromatic heterocycles. The van der Waals surface area contributed by atoms with E-state index in [1.807, 2.05) is 0 Å². The third-order valence-corrected chi connectivity index (χ3v) is 2.50. The summed E-state index contributed by atoms with van der Waals surface area (Å²) < 4.78 is 0. The average molecular weight is 239 g/mol. The second kappa shape index (κ2) is 4.93. The summed E-state index contributed by atoms with van der Waals surface area (Å²) in [5.74, 6) is -0.728. The van der Waals surface area contributed by atoms with E-state index < -0.39 is 5.92 Å². The lowest BCUT2D eigenvalue weighted by molar-refractivity contribution is -0.117. The Morgan fingerprint density at radius 2 is 2.00 bits per heavy atom. The lowest BCUT2D eigenvalue weighted by atomic mass is 10.2. The molecule has 0 bridgehead atoms. The van der Waals surface area contributed by atoms with E-state index in [0.29, 0.717) is 5.69 Å². The third kappa shape index (κ3) is 2.93. The summed E-state index contributed by atoms with van der Waals surface area (Å²) in [5.41, 5.74) is 6.80. The van der Waals surface area contributed by atoms with Crippen LogP contribution in [0.1, 0.15) is 18.3 Å². The van der Waals surface area contributed by atoms with Gasteiger partial charge in [0.2, 0.25) is 11.9 Å². The molecule has 0 aliphatic rings. The van der Waals surface area contributed by atoms with Gasteiger partial charge in [-0.25, -0.2) is 4.98 Å². The summed E-state index contributed by atoms with van der Waals surface area (Å²) in [6, 6.07) is 0. The van der Waals surface area contributed by atoms with Crippen LogP contribution in [0.25, 0.3) is 0 Å². The van der Waals surface area contributed by atoms with E-state index in [0.717, 1.165) is 5.69 Å². The van der Waals surface area contributed by atoms with Crippen LogP contribution in [0.15, 0.2) is 0 Å². The molecule has 6 nitrogen and oxygen atoms in total. The number of nitrogens with zero attached hydrogens (tertiary/aromatic N) is 3. The Morgan fingerprint density at radius 1 is 1.38 bits per heavy atom. The minimum atomic E-state index is -0.555. The lowest BCUT2D eigenvalue weighted by Gasteiger charge is -2.09. The summed E-state index contributed by atoms with van der Waals surface area (Å²) in [5, 5.41) is 10.1. The van der Waals surface area contributed by atoms with Crippen LogP contribution in [0, 0.1) is 19.8 Å². The van der Waals surface area contributed by atoms with Gasteiger partial charge in [-0.3, -0.25) is 10.1 Å². The Morgan fingerprint density at radius 3 is 2.50 bits per heavy atom. The molecule has 1 rings (SSSR count). The van der Waals surface area contributed by atoms with Crippen molar-refractivity contribution < 1.29 is 4.79 Å². The first-order valence-corrected chi connectivity index (χ1v) is 5.10. The number of carbonyl (C=O) groups is 1. The molecule has 0 radical (unpaired) electrons. The molecule has 0 fully saturated rings. The summed E-state index contributed by atoms with van der Waals surface area (Å²) in [4.78, 5) is 15.8. The molecule has 0 saturated carbocycles. The molecule has 0 aromatic carbocycles. The zero-order chi connectivity index (χ0) is 12.3. The number of aromatic nitrogens is 3. The second-order valence-corrected chi connectivity index (χ2v) is 3.89. The van der Waals surface area contributed by atoms with Gasteiger partial charge < -0.3 is 5.73 Å². The van der Waals surface area contributed by atoms with Crippen LogP contribution in [0.3, 0.4) is 0 Å². The maximum absolute atomic E-state index is 11.6. The molecular formula is C9H13N5OS. The van der Waals surface area contributed by atoms with E-state index in [2.05, 4.69) is 20.5 Å². The SMILES string of the molecule is Cc1nnc(NC(=O)C(C)C(N)=S)nc1C. The average Bonchev–Trinajstić information content (AvgIpc) is 2.22. The molecule has 16 heavy (non-hydrogen) atoms. The maximum atomic E-state index is 11.6. The predicted octanol–water partition coefficient (Wildman–Crippen LogP) is 0.349. The highest BCUT2D eigenvalue weighted by molar-refractivity contribution is 7.80. The van der Waals surface area contributed by atoms with E-state index in [-0.39, 0.29) is 16.8 Å². The van der Waals surface area contributed by atoms with Crippen molar-refractivity contribution in [2.45, 2.75) is 20.8 Å². The van der Waals surface area contributed by atoms with Crippen molar-refractivity contribution in [1.29, 1.82) is 0 Å². The van der Waals surface area contributed by atoms with Crippen molar-refractivity contribution in [2.75, 3.05) is 5.32 Å². The van der Waals surface area contributed by atoms with Gasteiger partial charge in [0.1, 0.15) is 0 Å². The summed E-state index contributed by atoms with van der Waals surface area (Å²) >= 11 is 4.72. The minimum Gasteiger partial charge on any atom is -0.393 e. The fraction of sp³-hybridized carbons (Fsp3) is 0.444. The Labute approximate surface area is 98.7 Å². The fourth-order valence-corrected chi connectivity index (χ4v) is 0.964. The number of amides is 1. The van der Waals surface area contributed by atoms with Gasteiger partial charge in [0.25, 0.3) is 0 Å². The van der Waals surface area contributed by atoms with E-state index in [1.165, 1.54) is 0 Å². The lowest BCUT2D eigenvalue weighted by Crippen LogP contribution is -2.31. The van der Waals surface area contributed by atoms with Crippen molar-refractivity contribution in [2.24, 2.45) is 11.7 Å². The highest BCUT2D eigenvalue weighted by atomic mass is 32.1. The smallest absolute Gasteiger partial charge is 0.249 e. The molecule has 0 aliphatic heterocycles. The number of aryl methyl sites for hydroxylation is 2. The maximum Gasteiger partial charge on any atom is 0.249 e. The van der Waals surface area contributed by atoms with Gasteiger partial charge in [0.05, 0.1) is 22.3 Å². The number of carbonyl (C=O) groups excluding carboxylic acids is 1. The van der Waals surface area contributed by atoms with Crippen molar-refractivity contribution in [3.05, 3.63) is 11.4 Å². The monoisotopic (exact) mass is 239 g/mol. The van der Waals surface area contributed by atoms with Crippen LogP contribution in [0.5, 0.6) is 0 Å². The van der Waals surface area contributed by atoms with Gasteiger partial charge in [-0.15, -0.1) is 5.10 Å². The number of anilines is 1. The number of thiocarbonyl (C=S) groups is 1. The molecular weight excluding hydrogens is 226 g/mol. The van der Waals surface area contributed by atoms with Crippen molar-refractivity contribution in [1.82, 2.24) is 15.2 Å².